The number of likely N-dealkylation sites (N-methyl/N-ethyl adjacent to an activating group) is 1. The van der Waals surface area contributed by atoms with Crippen LogP contribution in [-0.2, 0) is 11.8 Å². The quantitative estimate of drug-likeness (QED) is 0.908. The molecule has 7 nitrogen and oxygen atoms in total. The van der Waals surface area contributed by atoms with Crippen LogP contribution in [0.25, 0.3) is 10.6 Å². The minimum atomic E-state index is -0.723. The highest BCUT2D eigenvalue weighted by molar-refractivity contribution is 7.16. The summed E-state index contributed by atoms with van der Waals surface area (Å²) in [5, 5.41) is 7.68. The second kappa shape index (κ2) is 5.20. The average molecular weight is 319 g/mol. The molecular weight excluding hydrogens is 302 g/mol. The number of amides is 2. The van der Waals surface area contributed by atoms with Crippen LogP contribution in [-0.4, -0.2) is 51.1 Å². The first-order valence-electron chi connectivity index (χ1n) is 6.90. The molecular formula is C14H17N5O2S. The van der Waals surface area contributed by atoms with Crippen LogP contribution in [0, 0.1) is 0 Å². The van der Waals surface area contributed by atoms with Gasteiger partial charge in [0.1, 0.15) is 15.4 Å². The Labute approximate surface area is 132 Å². The van der Waals surface area contributed by atoms with Gasteiger partial charge in [0.05, 0.1) is 12.4 Å². The predicted molar refractivity (Wildman–Crippen MR) is 82.4 cm³/mol. The minimum absolute atomic E-state index is 0.0575. The van der Waals surface area contributed by atoms with Crippen LogP contribution in [0.1, 0.15) is 22.5 Å². The van der Waals surface area contributed by atoms with Crippen molar-refractivity contribution >= 4 is 23.2 Å². The van der Waals surface area contributed by atoms with Gasteiger partial charge in [-0.15, -0.1) is 11.3 Å². The van der Waals surface area contributed by atoms with Gasteiger partial charge in [0, 0.05) is 32.9 Å². The lowest BCUT2D eigenvalue weighted by Crippen LogP contribution is -2.48. The Morgan fingerprint density at radius 1 is 1.36 bits per heavy atom. The molecule has 22 heavy (non-hydrogen) atoms. The monoisotopic (exact) mass is 319 g/mol. The number of aromatic nitrogens is 3. The van der Waals surface area contributed by atoms with Crippen molar-refractivity contribution < 1.29 is 9.59 Å². The van der Waals surface area contributed by atoms with Gasteiger partial charge in [-0.2, -0.15) is 5.10 Å². The van der Waals surface area contributed by atoms with Crippen molar-refractivity contribution in [3.05, 3.63) is 23.5 Å². The van der Waals surface area contributed by atoms with Crippen LogP contribution in [0.15, 0.2) is 18.6 Å². The SMILES string of the molecule is CN(C)C(=O)C1(NC(=O)c2cnc(-c3cnn(C)c3)s2)CC1. The topological polar surface area (TPSA) is 80.1 Å². The molecule has 3 rings (SSSR count). The van der Waals surface area contributed by atoms with Crippen LogP contribution < -0.4 is 5.32 Å². The molecule has 0 spiro atoms. The lowest BCUT2D eigenvalue weighted by atomic mass is 10.2. The summed E-state index contributed by atoms with van der Waals surface area (Å²) in [6, 6.07) is 0. The van der Waals surface area contributed by atoms with E-state index in [1.807, 2.05) is 13.2 Å². The van der Waals surface area contributed by atoms with Gasteiger partial charge >= 0.3 is 0 Å². The summed E-state index contributed by atoms with van der Waals surface area (Å²) in [5.41, 5.74) is 0.149. The van der Waals surface area contributed by atoms with Crippen molar-refractivity contribution in [2.24, 2.45) is 7.05 Å². The van der Waals surface area contributed by atoms with E-state index in [2.05, 4.69) is 15.4 Å². The van der Waals surface area contributed by atoms with E-state index in [1.165, 1.54) is 16.2 Å². The van der Waals surface area contributed by atoms with Gasteiger partial charge in [0.2, 0.25) is 5.91 Å². The molecule has 2 aromatic rings. The van der Waals surface area contributed by atoms with E-state index in [4.69, 9.17) is 0 Å². The first kappa shape index (κ1) is 14.7. The van der Waals surface area contributed by atoms with Crippen LogP contribution >= 0.6 is 11.3 Å². The lowest BCUT2D eigenvalue weighted by Gasteiger charge is -2.20. The normalized spacial score (nSPS) is 15.4. The maximum absolute atomic E-state index is 12.3. The first-order valence-corrected chi connectivity index (χ1v) is 7.72. The number of nitrogens with zero attached hydrogens (tertiary/aromatic N) is 4. The Hall–Kier alpha value is -2.22. The molecule has 0 atom stereocenters. The van der Waals surface area contributed by atoms with Crippen LogP contribution in [0.2, 0.25) is 0 Å². The van der Waals surface area contributed by atoms with E-state index < -0.39 is 5.54 Å². The summed E-state index contributed by atoms with van der Waals surface area (Å²) in [7, 11) is 5.22. The molecule has 2 heterocycles. The molecule has 0 unspecified atom stereocenters. The first-order chi connectivity index (χ1) is 10.4. The largest absolute Gasteiger partial charge is 0.347 e. The van der Waals surface area contributed by atoms with E-state index in [0.717, 1.165) is 10.6 Å². The fourth-order valence-electron chi connectivity index (χ4n) is 2.27. The zero-order chi connectivity index (χ0) is 15.9. The van der Waals surface area contributed by atoms with E-state index in [0.29, 0.717) is 17.7 Å². The smallest absolute Gasteiger partial charge is 0.263 e. The highest BCUT2D eigenvalue weighted by Gasteiger charge is 2.52. The third-order valence-corrected chi connectivity index (χ3v) is 4.64. The second-order valence-electron chi connectivity index (χ2n) is 5.67. The molecule has 8 heteroatoms. The number of rotatable bonds is 4. The van der Waals surface area contributed by atoms with Gasteiger partial charge < -0.3 is 10.2 Å². The maximum atomic E-state index is 12.3. The van der Waals surface area contributed by atoms with Crippen LogP contribution in [0.3, 0.4) is 0 Å². The fraction of sp³-hybridized carbons (Fsp3) is 0.429. The van der Waals surface area contributed by atoms with Crippen molar-refractivity contribution in [2.75, 3.05) is 14.1 Å². The molecule has 1 saturated carbocycles. The molecule has 1 fully saturated rings. The highest BCUT2D eigenvalue weighted by atomic mass is 32.1. The Morgan fingerprint density at radius 2 is 2.09 bits per heavy atom. The predicted octanol–water partition coefficient (Wildman–Crippen LogP) is 0.894. The molecule has 2 aromatic heterocycles. The van der Waals surface area contributed by atoms with Gasteiger partial charge in [-0.3, -0.25) is 14.3 Å². The third-order valence-electron chi connectivity index (χ3n) is 3.60. The van der Waals surface area contributed by atoms with Crippen LogP contribution in [0.4, 0.5) is 0 Å². The van der Waals surface area contributed by atoms with Gasteiger partial charge in [-0.25, -0.2) is 4.98 Å². The molecule has 0 aromatic carbocycles. The highest BCUT2D eigenvalue weighted by Crippen LogP contribution is 2.37. The molecule has 1 aliphatic rings. The standard InChI is InChI=1S/C14H17N5O2S/c1-18(2)13(21)14(4-5-14)17-11(20)10-7-15-12(22-10)9-6-16-19(3)8-9/h6-8H,4-5H2,1-3H3,(H,17,20). The molecule has 0 aliphatic heterocycles. The molecule has 0 radical (unpaired) electrons. The van der Waals surface area contributed by atoms with Gasteiger partial charge in [-0.05, 0) is 12.8 Å². The number of carbonyl (C=O) groups is 2. The Morgan fingerprint density at radius 3 is 2.64 bits per heavy atom. The maximum Gasteiger partial charge on any atom is 0.263 e. The molecule has 116 valence electrons. The van der Waals surface area contributed by atoms with E-state index >= 15 is 0 Å². The lowest BCUT2D eigenvalue weighted by molar-refractivity contribution is -0.131. The Kier molecular flexibility index (Phi) is 3.48. The van der Waals surface area contributed by atoms with E-state index in [-0.39, 0.29) is 11.8 Å². The zero-order valence-corrected chi connectivity index (χ0v) is 13.5. The number of aryl methyl sites for hydroxylation is 1. The van der Waals surface area contributed by atoms with Crippen molar-refractivity contribution in [1.82, 2.24) is 25.0 Å². The van der Waals surface area contributed by atoms with Crippen LogP contribution in [0.5, 0.6) is 0 Å². The zero-order valence-electron chi connectivity index (χ0n) is 12.7. The third kappa shape index (κ3) is 2.61. The fourth-order valence-corrected chi connectivity index (χ4v) is 3.05. The number of thiazole rings is 1. The van der Waals surface area contributed by atoms with Gasteiger partial charge in [-0.1, -0.05) is 0 Å². The molecule has 0 saturated heterocycles. The number of carbonyl (C=O) groups excluding carboxylic acids is 2. The molecule has 1 N–H and O–H groups in total. The van der Waals surface area contributed by atoms with Crippen molar-refractivity contribution in [1.29, 1.82) is 0 Å². The second-order valence-corrected chi connectivity index (χ2v) is 6.70. The Balaban J connectivity index is 1.74. The van der Waals surface area contributed by atoms with Crippen molar-refractivity contribution in [2.45, 2.75) is 18.4 Å². The summed E-state index contributed by atoms with van der Waals surface area (Å²) >= 11 is 1.29. The summed E-state index contributed by atoms with van der Waals surface area (Å²) in [4.78, 5) is 30.7. The van der Waals surface area contributed by atoms with Crippen molar-refractivity contribution in [3.8, 4) is 10.6 Å². The average Bonchev–Trinajstić information content (AvgIpc) is 2.90. The molecule has 2 amide bonds. The number of nitrogens with one attached hydrogen (secondary N) is 1. The van der Waals surface area contributed by atoms with Gasteiger partial charge in [0.15, 0.2) is 0 Å². The Bertz CT molecular complexity index is 729. The number of hydrogen-bond donors (Lipinski definition) is 1. The summed E-state index contributed by atoms with van der Waals surface area (Å²) in [5.74, 6) is -0.307. The van der Waals surface area contributed by atoms with Gasteiger partial charge in [0.25, 0.3) is 5.91 Å². The number of hydrogen-bond acceptors (Lipinski definition) is 5. The summed E-state index contributed by atoms with van der Waals surface area (Å²) in [6.07, 6.45) is 6.46. The van der Waals surface area contributed by atoms with Crippen molar-refractivity contribution in [3.63, 3.8) is 0 Å². The van der Waals surface area contributed by atoms with E-state index in [9.17, 15) is 9.59 Å². The summed E-state index contributed by atoms with van der Waals surface area (Å²) in [6.45, 7) is 0. The summed E-state index contributed by atoms with van der Waals surface area (Å²) < 4.78 is 1.69. The minimum Gasteiger partial charge on any atom is -0.347 e. The van der Waals surface area contributed by atoms with E-state index in [1.54, 1.807) is 31.2 Å². The molecule has 1 aliphatic carbocycles. The molecule has 0 bridgehead atoms.